The maximum atomic E-state index is 12.8. The Morgan fingerprint density at radius 1 is 1.34 bits per heavy atom. The third-order valence-corrected chi connectivity index (χ3v) is 6.19. The van der Waals surface area contributed by atoms with E-state index in [0.29, 0.717) is 30.2 Å². The minimum Gasteiger partial charge on any atom is -0.390 e. The van der Waals surface area contributed by atoms with Gasteiger partial charge in [0.25, 0.3) is 0 Å². The molecule has 152 valence electrons. The zero-order valence-corrected chi connectivity index (χ0v) is 16.3. The quantitative estimate of drug-likeness (QED) is 0.418. The van der Waals surface area contributed by atoms with Crippen LogP contribution < -0.4 is 15.8 Å². The van der Waals surface area contributed by atoms with Crippen molar-refractivity contribution >= 4 is 15.8 Å². The predicted molar refractivity (Wildman–Crippen MR) is 105 cm³/mol. The highest BCUT2D eigenvalue weighted by Gasteiger charge is 2.30. The molecule has 1 fully saturated rings. The van der Waals surface area contributed by atoms with Gasteiger partial charge in [0, 0.05) is 18.7 Å². The molecule has 12 heteroatoms. The minimum atomic E-state index is -3.84. The molecule has 0 aliphatic carbocycles. The molecule has 0 unspecified atom stereocenters. The molecule has 1 saturated heterocycles. The normalized spacial score (nSPS) is 19.5. The maximum absolute atomic E-state index is 12.8. The van der Waals surface area contributed by atoms with Crippen molar-refractivity contribution in [3.05, 3.63) is 42.6 Å². The number of nitrogen functional groups attached to an aromatic ring is 1. The summed E-state index contributed by atoms with van der Waals surface area (Å²) in [6, 6.07) is 4.15. The summed E-state index contributed by atoms with van der Waals surface area (Å²) < 4.78 is 29.5. The Balaban J connectivity index is 1.72. The van der Waals surface area contributed by atoms with Crippen LogP contribution in [0.25, 0.3) is 17.1 Å². The molecule has 0 bridgehead atoms. The van der Waals surface area contributed by atoms with Gasteiger partial charge in [0.2, 0.25) is 10.0 Å². The summed E-state index contributed by atoms with van der Waals surface area (Å²) in [6.45, 7) is 2.55. The van der Waals surface area contributed by atoms with E-state index in [-0.39, 0.29) is 10.7 Å². The molecule has 3 heterocycles. The number of nitrogens with one attached hydrogen (secondary N) is 2. The average Bonchev–Trinajstić information content (AvgIpc) is 3.35. The second kappa shape index (κ2) is 7.48. The van der Waals surface area contributed by atoms with Crippen molar-refractivity contribution in [2.24, 2.45) is 0 Å². The lowest BCUT2D eigenvalue weighted by Crippen LogP contribution is -2.42. The maximum Gasteiger partial charge on any atom is 0.240 e. The Hall–Kier alpha value is -2.93. The van der Waals surface area contributed by atoms with Crippen molar-refractivity contribution in [2.45, 2.75) is 24.0 Å². The van der Waals surface area contributed by atoms with Crippen LogP contribution in [0.2, 0.25) is 0 Å². The van der Waals surface area contributed by atoms with Gasteiger partial charge in [0.05, 0.1) is 28.9 Å². The van der Waals surface area contributed by atoms with E-state index in [4.69, 9.17) is 5.73 Å². The number of aliphatic hydroxyl groups excluding tert-OH is 1. The molecule has 11 nitrogen and oxygen atoms in total. The molecule has 1 aromatic carbocycles. The van der Waals surface area contributed by atoms with E-state index in [1.54, 1.807) is 6.07 Å². The van der Waals surface area contributed by atoms with E-state index < -0.39 is 22.2 Å². The van der Waals surface area contributed by atoms with Crippen LogP contribution in [0.3, 0.4) is 0 Å². The molecular weight excluding hydrogens is 396 g/mol. The van der Waals surface area contributed by atoms with Gasteiger partial charge in [0.1, 0.15) is 12.7 Å². The smallest absolute Gasteiger partial charge is 0.240 e. The fourth-order valence-corrected chi connectivity index (χ4v) is 4.40. The summed E-state index contributed by atoms with van der Waals surface area (Å²) in [5, 5.41) is 16.9. The fraction of sp³-hybridized carbons (Fsp3) is 0.294. The van der Waals surface area contributed by atoms with Crippen LogP contribution in [0.15, 0.2) is 41.9 Å². The summed E-state index contributed by atoms with van der Waals surface area (Å²) in [7, 11) is -3.84. The number of aryl methyl sites for hydroxylation is 1. The number of aliphatic hydroxyl groups is 1. The summed E-state index contributed by atoms with van der Waals surface area (Å²) in [5.41, 5.74) is 7.75. The number of rotatable bonds is 5. The molecule has 4 rings (SSSR count). The van der Waals surface area contributed by atoms with Crippen LogP contribution in [0.1, 0.15) is 5.56 Å². The van der Waals surface area contributed by atoms with Gasteiger partial charge >= 0.3 is 0 Å². The molecule has 2 aromatic heterocycles. The standard InChI is InChI=1S/C17H20N8O3S/c1-10-2-3-11(29(27,28)24-14-5-19-7-15(14)26)4-12(10)13-6-21-16(18)17(23-13)25-9-20-8-22-25/h2-4,6,8-9,14-15,19,24,26H,5,7H2,1H3,(H2,18,21)/t14-,15-/m1/s1. The molecule has 29 heavy (non-hydrogen) atoms. The Bertz CT molecular complexity index is 1130. The van der Waals surface area contributed by atoms with Gasteiger partial charge in [-0.2, -0.15) is 9.78 Å². The summed E-state index contributed by atoms with van der Waals surface area (Å²) in [6.07, 6.45) is 3.50. The first-order chi connectivity index (χ1) is 13.8. The van der Waals surface area contributed by atoms with Crippen LogP contribution in [0.5, 0.6) is 0 Å². The third-order valence-electron chi connectivity index (χ3n) is 4.70. The highest BCUT2D eigenvalue weighted by molar-refractivity contribution is 7.89. The lowest BCUT2D eigenvalue weighted by molar-refractivity contribution is 0.173. The summed E-state index contributed by atoms with van der Waals surface area (Å²) in [5.74, 6) is 0.469. The zero-order valence-electron chi connectivity index (χ0n) is 15.5. The molecule has 0 radical (unpaired) electrons. The van der Waals surface area contributed by atoms with Gasteiger partial charge < -0.3 is 16.2 Å². The van der Waals surface area contributed by atoms with Crippen LogP contribution in [0.4, 0.5) is 5.82 Å². The van der Waals surface area contributed by atoms with Crippen molar-refractivity contribution in [1.82, 2.24) is 34.8 Å². The highest BCUT2D eigenvalue weighted by Crippen LogP contribution is 2.26. The molecule has 3 aromatic rings. The molecule has 0 spiro atoms. The highest BCUT2D eigenvalue weighted by atomic mass is 32.2. The lowest BCUT2D eigenvalue weighted by Gasteiger charge is -2.16. The molecule has 1 aliphatic heterocycles. The first kappa shape index (κ1) is 19.4. The van der Waals surface area contributed by atoms with Gasteiger partial charge in [-0.3, -0.25) is 0 Å². The van der Waals surface area contributed by atoms with Gasteiger partial charge in [-0.25, -0.2) is 28.1 Å². The van der Waals surface area contributed by atoms with Crippen molar-refractivity contribution in [1.29, 1.82) is 0 Å². The average molecular weight is 416 g/mol. The largest absolute Gasteiger partial charge is 0.390 e. The second-order valence-corrected chi connectivity index (χ2v) is 8.45. The van der Waals surface area contributed by atoms with Gasteiger partial charge in [0.15, 0.2) is 11.6 Å². The molecule has 5 N–H and O–H groups in total. The first-order valence-corrected chi connectivity index (χ1v) is 10.3. The van der Waals surface area contributed by atoms with Crippen molar-refractivity contribution in [3.63, 3.8) is 0 Å². The molecule has 1 aliphatic rings. The molecule has 0 saturated carbocycles. The van der Waals surface area contributed by atoms with Gasteiger partial charge in [-0.15, -0.1) is 0 Å². The van der Waals surface area contributed by atoms with Crippen LogP contribution >= 0.6 is 0 Å². The van der Waals surface area contributed by atoms with Gasteiger partial charge in [-0.05, 0) is 24.6 Å². The second-order valence-electron chi connectivity index (χ2n) is 6.73. The number of β-amino-alcohol motifs (C(OH)–C–C–N with tert-alkyl or cyclic N) is 1. The number of benzene rings is 1. The van der Waals surface area contributed by atoms with Crippen molar-refractivity contribution in [3.8, 4) is 17.1 Å². The number of nitrogens with two attached hydrogens (primary N) is 1. The van der Waals surface area contributed by atoms with Crippen molar-refractivity contribution < 1.29 is 13.5 Å². The lowest BCUT2D eigenvalue weighted by atomic mass is 10.1. The molecule has 0 amide bonds. The van der Waals surface area contributed by atoms with Gasteiger partial charge in [-0.1, -0.05) is 6.07 Å². The van der Waals surface area contributed by atoms with E-state index >= 15 is 0 Å². The topological polar surface area (TPSA) is 161 Å². The number of hydrogen-bond acceptors (Lipinski definition) is 9. The molecular formula is C17H20N8O3S. The van der Waals surface area contributed by atoms with E-state index in [2.05, 4.69) is 30.1 Å². The summed E-state index contributed by atoms with van der Waals surface area (Å²) in [4.78, 5) is 12.6. The predicted octanol–water partition coefficient (Wildman–Crippen LogP) is -0.774. The minimum absolute atomic E-state index is 0.0677. The van der Waals surface area contributed by atoms with E-state index in [1.165, 1.54) is 35.7 Å². The Kier molecular flexibility index (Phi) is 5.00. The van der Waals surface area contributed by atoms with Crippen LogP contribution in [-0.4, -0.2) is 63.5 Å². The van der Waals surface area contributed by atoms with E-state index in [9.17, 15) is 13.5 Å². The van der Waals surface area contributed by atoms with Crippen molar-refractivity contribution in [2.75, 3.05) is 18.8 Å². The monoisotopic (exact) mass is 416 g/mol. The first-order valence-electron chi connectivity index (χ1n) is 8.85. The van der Waals surface area contributed by atoms with Crippen LogP contribution in [0, 0.1) is 6.92 Å². The number of nitrogens with zero attached hydrogens (tertiary/aromatic N) is 5. The van der Waals surface area contributed by atoms with E-state index in [1.807, 2.05) is 6.92 Å². The number of sulfonamides is 1. The Labute approximate surface area is 167 Å². The Morgan fingerprint density at radius 3 is 2.86 bits per heavy atom. The number of aromatic nitrogens is 5. The number of hydrogen-bond donors (Lipinski definition) is 4. The summed E-state index contributed by atoms with van der Waals surface area (Å²) >= 11 is 0. The SMILES string of the molecule is Cc1ccc(S(=O)(=O)N[C@@H]2CNC[C@H]2O)cc1-c1cnc(N)c(-n2cncn2)n1. The molecule has 2 atom stereocenters. The fourth-order valence-electron chi connectivity index (χ4n) is 3.10. The Morgan fingerprint density at radius 2 is 2.17 bits per heavy atom. The third kappa shape index (κ3) is 3.82. The van der Waals surface area contributed by atoms with Crippen LogP contribution in [-0.2, 0) is 10.0 Å². The van der Waals surface area contributed by atoms with E-state index in [0.717, 1.165) is 5.56 Å². The number of anilines is 1. The zero-order chi connectivity index (χ0) is 20.6.